The number of aryl methyl sites for hydroxylation is 2. The van der Waals surface area contributed by atoms with E-state index in [1.807, 2.05) is 0 Å². The number of nitrogens with one attached hydrogen (secondary N) is 1. The van der Waals surface area contributed by atoms with E-state index >= 15 is 0 Å². The molecule has 0 saturated heterocycles. The number of hydrogen-bond donors (Lipinski definition) is 1. The van der Waals surface area contributed by atoms with E-state index in [2.05, 4.69) is 39.7 Å². The van der Waals surface area contributed by atoms with Gasteiger partial charge in [0, 0.05) is 12.5 Å². The number of fused-ring (bicyclic) bond motifs is 1. The molecule has 20 heavy (non-hydrogen) atoms. The number of hydrogen-bond acceptors (Lipinski definition) is 3. The van der Waals surface area contributed by atoms with Gasteiger partial charge < -0.3 is 5.32 Å². The molecule has 1 unspecified atom stereocenters. The van der Waals surface area contributed by atoms with Crippen molar-refractivity contribution >= 4 is 5.91 Å². The van der Waals surface area contributed by atoms with Gasteiger partial charge in [-0.1, -0.05) is 24.3 Å². The van der Waals surface area contributed by atoms with Gasteiger partial charge in [-0.05, 0) is 30.4 Å². The predicted molar refractivity (Wildman–Crippen MR) is 75.0 cm³/mol. The Labute approximate surface area is 118 Å². The van der Waals surface area contributed by atoms with Crippen molar-refractivity contribution in [1.82, 2.24) is 20.1 Å². The van der Waals surface area contributed by atoms with E-state index in [1.54, 1.807) is 11.0 Å². The summed E-state index contributed by atoms with van der Waals surface area (Å²) in [5, 5.41) is 7.11. The number of amides is 1. The summed E-state index contributed by atoms with van der Waals surface area (Å²) in [5.41, 5.74) is 2.78. The van der Waals surface area contributed by atoms with Crippen LogP contribution in [0.25, 0.3) is 0 Å². The second-order valence-corrected chi connectivity index (χ2v) is 5.18. The highest BCUT2D eigenvalue weighted by molar-refractivity contribution is 5.76. The first-order chi connectivity index (χ1) is 9.81. The Bertz CT molecular complexity index is 579. The van der Waals surface area contributed by atoms with Gasteiger partial charge in [0.1, 0.15) is 12.7 Å². The fraction of sp³-hybridized carbons (Fsp3) is 0.400. The molecule has 0 radical (unpaired) electrons. The summed E-state index contributed by atoms with van der Waals surface area (Å²) in [4.78, 5) is 15.8. The van der Waals surface area contributed by atoms with E-state index in [1.165, 1.54) is 17.5 Å². The van der Waals surface area contributed by atoms with Crippen molar-refractivity contribution in [3.8, 4) is 0 Å². The maximum Gasteiger partial charge on any atom is 0.222 e. The zero-order valence-electron chi connectivity index (χ0n) is 11.3. The smallest absolute Gasteiger partial charge is 0.222 e. The summed E-state index contributed by atoms with van der Waals surface area (Å²) in [6, 6.07) is 8.73. The fourth-order valence-electron chi connectivity index (χ4n) is 2.69. The third kappa shape index (κ3) is 3.04. The van der Waals surface area contributed by atoms with Crippen LogP contribution < -0.4 is 5.32 Å². The van der Waals surface area contributed by atoms with Crippen LogP contribution in [0.1, 0.15) is 24.0 Å². The number of carbonyl (C=O) groups is 1. The van der Waals surface area contributed by atoms with Gasteiger partial charge >= 0.3 is 0 Å². The molecule has 1 heterocycles. The van der Waals surface area contributed by atoms with Crippen LogP contribution >= 0.6 is 0 Å². The van der Waals surface area contributed by atoms with Gasteiger partial charge in [0.05, 0.1) is 6.54 Å². The monoisotopic (exact) mass is 270 g/mol. The van der Waals surface area contributed by atoms with Gasteiger partial charge in [0.2, 0.25) is 5.91 Å². The Kier molecular flexibility index (Phi) is 3.76. The SMILES string of the molecule is O=C(CCn1cncn1)NC1CCc2ccccc2C1. The zero-order valence-corrected chi connectivity index (χ0v) is 11.3. The number of rotatable bonds is 4. The molecule has 0 fully saturated rings. The van der Waals surface area contributed by atoms with Crippen LogP contribution in [0.15, 0.2) is 36.9 Å². The normalized spacial score (nSPS) is 17.5. The van der Waals surface area contributed by atoms with Gasteiger partial charge in [-0.3, -0.25) is 9.48 Å². The van der Waals surface area contributed by atoms with Crippen molar-refractivity contribution in [3.63, 3.8) is 0 Å². The quantitative estimate of drug-likeness (QED) is 0.912. The summed E-state index contributed by atoms with van der Waals surface area (Å²) >= 11 is 0. The lowest BCUT2D eigenvalue weighted by molar-refractivity contribution is -0.122. The van der Waals surface area contributed by atoms with E-state index in [-0.39, 0.29) is 11.9 Å². The summed E-state index contributed by atoms with van der Waals surface area (Å²) in [6.45, 7) is 0.579. The molecule has 5 nitrogen and oxygen atoms in total. The van der Waals surface area contributed by atoms with E-state index in [4.69, 9.17) is 0 Å². The van der Waals surface area contributed by atoms with Gasteiger partial charge in [-0.15, -0.1) is 0 Å². The van der Waals surface area contributed by atoms with Crippen LogP contribution in [0.3, 0.4) is 0 Å². The zero-order chi connectivity index (χ0) is 13.8. The minimum absolute atomic E-state index is 0.0879. The molecule has 0 bridgehead atoms. The van der Waals surface area contributed by atoms with Gasteiger partial charge in [-0.2, -0.15) is 5.10 Å². The average Bonchev–Trinajstić information content (AvgIpc) is 2.98. The molecule has 1 N–H and O–H groups in total. The lowest BCUT2D eigenvalue weighted by atomic mass is 9.88. The summed E-state index contributed by atoms with van der Waals surface area (Å²) in [7, 11) is 0. The van der Waals surface area contributed by atoms with Crippen LogP contribution in [-0.4, -0.2) is 26.7 Å². The maximum absolute atomic E-state index is 11.9. The topological polar surface area (TPSA) is 59.8 Å². The third-order valence-corrected chi connectivity index (χ3v) is 3.75. The number of benzene rings is 1. The van der Waals surface area contributed by atoms with Crippen molar-refractivity contribution in [3.05, 3.63) is 48.0 Å². The molecule has 1 aromatic carbocycles. The van der Waals surface area contributed by atoms with Crippen LogP contribution in [0, 0.1) is 0 Å². The highest BCUT2D eigenvalue weighted by Gasteiger charge is 2.19. The Balaban J connectivity index is 1.50. The highest BCUT2D eigenvalue weighted by Crippen LogP contribution is 2.20. The van der Waals surface area contributed by atoms with E-state index < -0.39 is 0 Å². The molecule has 104 valence electrons. The molecule has 1 aliphatic carbocycles. The van der Waals surface area contributed by atoms with Crippen LogP contribution in [-0.2, 0) is 24.2 Å². The third-order valence-electron chi connectivity index (χ3n) is 3.75. The van der Waals surface area contributed by atoms with Crippen LogP contribution in [0.2, 0.25) is 0 Å². The molecule has 1 aliphatic rings. The van der Waals surface area contributed by atoms with Gasteiger partial charge in [0.25, 0.3) is 0 Å². The second-order valence-electron chi connectivity index (χ2n) is 5.18. The van der Waals surface area contributed by atoms with Gasteiger partial charge in [0.15, 0.2) is 0 Å². The van der Waals surface area contributed by atoms with Crippen molar-refractivity contribution < 1.29 is 4.79 Å². The number of nitrogens with zero attached hydrogens (tertiary/aromatic N) is 3. The number of aromatic nitrogens is 3. The first kappa shape index (κ1) is 12.8. The van der Waals surface area contributed by atoms with E-state index in [9.17, 15) is 4.79 Å². The average molecular weight is 270 g/mol. The summed E-state index contributed by atoms with van der Waals surface area (Å²) < 4.78 is 1.68. The minimum Gasteiger partial charge on any atom is -0.353 e. The molecule has 0 spiro atoms. The van der Waals surface area contributed by atoms with Crippen molar-refractivity contribution in [2.75, 3.05) is 0 Å². The number of carbonyl (C=O) groups excluding carboxylic acids is 1. The molecule has 2 aromatic rings. The standard InChI is InChI=1S/C15H18N4O/c20-15(7-8-19-11-16-10-17-19)18-14-6-5-12-3-1-2-4-13(12)9-14/h1-4,10-11,14H,5-9H2,(H,18,20). The molecule has 5 heteroatoms. The lowest BCUT2D eigenvalue weighted by Crippen LogP contribution is -2.39. The first-order valence-electron chi connectivity index (χ1n) is 7.00. The van der Waals surface area contributed by atoms with E-state index in [0.29, 0.717) is 13.0 Å². The second kappa shape index (κ2) is 5.86. The van der Waals surface area contributed by atoms with Crippen LogP contribution in [0.4, 0.5) is 0 Å². The first-order valence-corrected chi connectivity index (χ1v) is 7.00. The minimum atomic E-state index is 0.0879. The Hall–Kier alpha value is -2.17. The van der Waals surface area contributed by atoms with Crippen molar-refractivity contribution in [2.24, 2.45) is 0 Å². The Morgan fingerprint density at radius 1 is 1.35 bits per heavy atom. The molecule has 0 saturated carbocycles. The largest absolute Gasteiger partial charge is 0.353 e. The summed E-state index contributed by atoms with van der Waals surface area (Å²) in [5.74, 6) is 0.0879. The van der Waals surface area contributed by atoms with E-state index in [0.717, 1.165) is 19.3 Å². The van der Waals surface area contributed by atoms with Gasteiger partial charge in [-0.25, -0.2) is 4.98 Å². The molecule has 0 aliphatic heterocycles. The van der Waals surface area contributed by atoms with Crippen molar-refractivity contribution in [2.45, 2.75) is 38.3 Å². The van der Waals surface area contributed by atoms with Crippen molar-refractivity contribution in [1.29, 1.82) is 0 Å². The molecule has 3 rings (SSSR count). The Morgan fingerprint density at radius 3 is 3.00 bits per heavy atom. The maximum atomic E-state index is 11.9. The summed E-state index contributed by atoms with van der Waals surface area (Å²) in [6.07, 6.45) is 6.56. The molecule has 1 aromatic heterocycles. The molecule has 1 atom stereocenters. The predicted octanol–water partition coefficient (Wildman–Crippen LogP) is 1.34. The van der Waals surface area contributed by atoms with Crippen LogP contribution in [0.5, 0.6) is 0 Å². The molecule has 1 amide bonds. The molecular weight excluding hydrogens is 252 g/mol. The fourth-order valence-corrected chi connectivity index (χ4v) is 2.69. The molecular formula is C15H18N4O. The Morgan fingerprint density at radius 2 is 2.20 bits per heavy atom. The lowest BCUT2D eigenvalue weighted by Gasteiger charge is -2.25. The highest BCUT2D eigenvalue weighted by atomic mass is 16.1.